The Kier molecular flexibility index (Phi) is 3.71. The maximum absolute atomic E-state index is 10.7. The Balaban J connectivity index is 2.68. The number of rotatable bonds is 2. The Hall–Kier alpha value is -0.580. The third-order valence-electron chi connectivity index (χ3n) is 1.76. The predicted molar refractivity (Wildman–Crippen MR) is 61.4 cm³/mol. The van der Waals surface area contributed by atoms with Crippen molar-refractivity contribution in [3.8, 4) is 0 Å². The molecule has 0 heterocycles. The van der Waals surface area contributed by atoms with Crippen molar-refractivity contribution in [3.63, 3.8) is 0 Å². The van der Waals surface area contributed by atoms with Crippen LogP contribution in [0, 0.1) is 10.5 Å². The molecule has 0 spiro atoms. The van der Waals surface area contributed by atoms with E-state index in [0.717, 1.165) is 5.56 Å². The molecule has 1 aromatic carbocycles. The topological polar surface area (TPSA) is 29.1 Å². The number of hydrogen-bond acceptors (Lipinski definition) is 1. The van der Waals surface area contributed by atoms with Crippen LogP contribution in [0.1, 0.15) is 18.1 Å². The van der Waals surface area contributed by atoms with Gasteiger partial charge in [0.15, 0.2) is 0 Å². The average Bonchev–Trinajstić information content (AvgIpc) is 2.07. The van der Waals surface area contributed by atoms with Gasteiger partial charge < -0.3 is 5.32 Å². The first-order valence-electron chi connectivity index (χ1n) is 4.09. The molecule has 0 aromatic heterocycles. The number of nitrogens with one attached hydrogen (secondary N) is 1. The van der Waals surface area contributed by atoms with Crippen LogP contribution in [0.5, 0.6) is 0 Å². The van der Waals surface area contributed by atoms with Crippen LogP contribution in [-0.2, 0) is 11.3 Å². The first kappa shape index (κ1) is 10.5. The summed E-state index contributed by atoms with van der Waals surface area (Å²) in [5, 5.41) is 2.77. The third-order valence-corrected chi connectivity index (χ3v) is 2.97. The summed E-state index contributed by atoms with van der Waals surface area (Å²) >= 11 is 2.30. The molecule has 0 fully saturated rings. The highest BCUT2D eigenvalue weighted by Crippen LogP contribution is 2.12. The van der Waals surface area contributed by atoms with Gasteiger partial charge in [0.05, 0.1) is 0 Å². The maximum atomic E-state index is 10.7. The Bertz CT molecular complexity index is 323. The van der Waals surface area contributed by atoms with E-state index in [4.69, 9.17) is 0 Å². The van der Waals surface area contributed by atoms with Crippen LogP contribution in [0.15, 0.2) is 18.2 Å². The largest absolute Gasteiger partial charge is 0.352 e. The molecule has 1 N–H and O–H groups in total. The minimum absolute atomic E-state index is 0.0104. The van der Waals surface area contributed by atoms with E-state index in [1.807, 2.05) is 6.07 Å². The molecule has 0 bridgehead atoms. The van der Waals surface area contributed by atoms with E-state index < -0.39 is 0 Å². The van der Waals surface area contributed by atoms with Crippen molar-refractivity contribution in [2.75, 3.05) is 0 Å². The molecule has 0 atom stereocenters. The molecular formula is C10H12INO. The second kappa shape index (κ2) is 4.60. The summed E-state index contributed by atoms with van der Waals surface area (Å²) in [5.41, 5.74) is 2.40. The van der Waals surface area contributed by atoms with E-state index in [1.54, 1.807) is 0 Å². The van der Waals surface area contributed by atoms with Crippen LogP contribution in [-0.4, -0.2) is 5.91 Å². The van der Waals surface area contributed by atoms with Crippen LogP contribution in [0.25, 0.3) is 0 Å². The molecule has 70 valence electrons. The number of carbonyl (C=O) groups excluding carboxylic acids is 1. The van der Waals surface area contributed by atoms with Crippen LogP contribution in [0.2, 0.25) is 0 Å². The summed E-state index contributed by atoms with van der Waals surface area (Å²) in [6, 6.07) is 6.19. The van der Waals surface area contributed by atoms with Crippen LogP contribution in [0.3, 0.4) is 0 Å². The highest BCUT2D eigenvalue weighted by Gasteiger charge is 1.97. The van der Waals surface area contributed by atoms with Crippen molar-refractivity contribution in [3.05, 3.63) is 32.9 Å². The summed E-state index contributed by atoms with van der Waals surface area (Å²) in [6.45, 7) is 4.21. The molecule has 0 aliphatic carbocycles. The molecule has 1 rings (SSSR count). The van der Waals surface area contributed by atoms with E-state index in [0.29, 0.717) is 6.54 Å². The first-order chi connectivity index (χ1) is 6.09. The van der Waals surface area contributed by atoms with Gasteiger partial charge >= 0.3 is 0 Å². The van der Waals surface area contributed by atoms with E-state index in [2.05, 4.69) is 47.0 Å². The smallest absolute Gasteiger partial charge is 0.217 e. The minimum atomic E-state index is 0.0104. The van der Waals surface area contributed by atoms with Crippen molar-refractivity contribution in [1.82, 2.24) is 5.32 Å². The molecule has 1 amide bonds. The third kappa shape index (κ3) is 3.34. The Morgan fingerprint density at radius 1 is 1.54 bits per heavy atom. The standard InChI is InChI=1S/C10H12INO/c1-7-5-9(3-4-10(7)11)6-12-8(2)13/h3-5H,6H2,1-2H3,(H,12,13). The fourth-order valence-corrected chi connectivity index (χ4v) is 1.38. The highest BCUT2D eigenvalue weighted by atomic mass is 127. The molecule has 0 radical (unpaired) electrons. The van der Waals surface area contributed by atoms with E-state index in [1.165, 1.54) is 16.1 Å². The van der Waals surface area contributed by atoms with Gasteiger partial charge in [-0.2, -0.15) is 0 Å². The normalized spacial score (nSPS) is 9.77. The number of aryl methyl sites for hydroxylation is 1. The lowest BCUT2D eigenvalue weighted by Gasteiger charge is -2.04. The lowest BCUT2D eigenvalue weighted by atomic mass is 10.1. The zero-order valence-corrected chi connectivity index (χ0v) is 9.88. The molecular weight excluding hydrogens is 277 g/mol. The van der Waals surface area contributed by atoms with Gasteiger partial charge in [-0.05, 0) is 46.7 Å². The molecule has 0 saturated heterocycles. The van der Waals surface area contributed by atoms with Crippen LogP contribution < -0.4 is 5.32 Å². The zero-order chi connectivity index (χ0) is 9.84. The molecule has 3 heteroatoms. The van der Waals surface area contributed by atoms with E-state index in [-0.39, 0.29) is 5.91 Å². The zero-order valence-electron chi connectivity index (χ0n) is 7.73. The fourth-order valence-electron chi connectivity index (χ4n) is 1.04. The van der Waals surface area contributed by atoms with Crippen molar-refractivity contribution in [1.29, 1.82) is 0 Å². The highest BCUT2D eigenvalue weighted by molar-refractivity contribution is 14.1. The lowest BCUT2D eigenvalue weighted by Crippen LogP contribution is -2.18. The SMILES string of the molecule is CC(=O)NCc1ccc(I)c(C)c1. The maximum Gasteiger partial charge on any atom is 0.217 e. The molecule has 0 saturated carbocycles. The minimum Gasteiger partial charge on any atom is -0.352 e. The molecule has 1 aromatic rings. The van der Waals surface area contributed by atoms with Gasteiger partial charge in [-0.25, -0.2) is 0 Å². The fraction of sp³-hybridized carbons (Fsp3) is 0.300. The van der Waals surface area contributed by atoms with Crippen molar-refractivity contribution in [2.45, 2.75) is 20.4 Å². The second-order valence-electron chi connectivity index (χ2n) is 2.99. The van der Waals surface area contributed by atoms with Gasteiger partial charge in [-0.15, -0.1) is 0 Å². The Morgan fingerprint density at radius 2 is 2.23 bits per heavy atom. The molecule has 2 nitrogen and oxygen atoms in total. The lowest BCUT2D eigenvalue weighted by molar-refractivity contribution is -0.119. The average molecular weight is 289 g/mol. The summed E-state index contributed by atoms with van der Waals surface area (Å²) in [7, 11) is 0. The van der Waals surface area contributed by atoms with Crippen molar-refractivity contribution >= 4 is 28.5 Å². The van der Waals surface area contributed by atoms with E-state index >= 15 is 0 Å². The number of carbonyl (C=O) groups is 1. The van der Waals surface area contributed by atoms with Gasteiger partial charge in [0, 0.05) is 17.0 Å². The quantitative estimate of drug-likeness (QED) is 0.831. The monoisotopic (exact) mass is 289 g/mol. The van der Waals surface area contributed by atoms with Crippen LogP contribution >= 0.6 is 22.6 Å². The Labute approximate surface area is 91.9 Å². The number of hydrogen-bond donors (Lipinski definition) is 1. The van der Waals surface area contributed by atoms with Gasteiger partial charge in [-0.3, -0.25) is 4.79 Å². The summed E-state index contributed by atoms with van der Waals surface area (Å²) in [5.74, 6) is 0.0104. The molecule has 13 heavy (non-hydrogen) atoms. The molecule has 0 unspecified atom stereocenters. The first-order valence-corrected chi connectivity index (χ1v) is 5.17. The van der Waals surface area contributed by atoms with Gasteiger partial charge in [-0.1, -0.05) is 12.1 Å². The second-order valence-corrected chi connectivity index (χ2v) is 4.16. The number of benzene rings is 1. The van der Waals surface area contributed by atoms with Crippen LogP contribution in [0.4, 0.5) is 0 Å². The Morgan fingerprint density at radius 3 is 2.77 bits per heavy atom. The summed E-state index contributed by atoms with van der Waals surface area (Å²) in [6.07, 6.45) is 0. The molecule has 0 aliphatic rings. The van der Waals surface area contributed by atoms with E-state index in [9.17, 15) is 4.79 Å². The van der Waals surface area contributed by atoms with Gasteiger partial charge in [0.25, 0.3) is 0 Å². The van der Waals surface area contributed by atoms with Gasteiger partial charge in [0.2, 0.25) is 5.91 Å². The summed E-state index contributed by atoms with van der Waals surface area (Å²) in [4.78, 5) is 10.7. The predicted octanol–water partition coefficient (Wildman–Crippen LogP) is 2.24. The summed E-state index contributed by atoms with van der Waals surface area (Å²) < 4.78 is 1.25. The molecule has 0 aliphatic heterocycles. The number of halogens is 1. The van der Waals surface area contributed by atoms with Crippen molar-refractivity contribution < 1.29 is 4.79 Å². The van der Waals surface area contributed by atoms with Crippen molar-refractivity contribution in [2.24, 2.45) is 0 Å². The van der Waals surface area contributed by atoms with Gasteiger partial charge in [0.1, 0.15) is 0 Å². The number of amides is 1.